The lowest BCUT2D eigenvalue weighted by atomic mass is 9.81. The molecule has 0 spiro atoms. The third-order valence-corrected chi connectivity index (χ3v) is 16.5. The molecule has 0 aliphatic heterocycles. The summed E-state index contributed by atoms with van der Waals surface area (Å²) in [5, 5.41) is 5.02. The van der Waals surface area contributed by atoms with Crippen LogP contribution >= 0.6 is 0 Å². The van der Waals surface area contributed by atoms with Gasteiger partial charge in [0.25, 0.3) is 0 Å². The molecule has 0 saturated carbocycles. The maximum Gasteiger partial charge on any atom is 0.0547 e. The van der Waals surface area contributed by atoms with Crippen LogP contribution in [0.2, 0.25) is 0 Å². The van der Waals surface area contributed by atoms with Crippen LogP contribution in [0.25, 0.3) is 111 Å². The van der Waals surface area contributed by atoms with Crippen LogP contribution in [0.15, 0.2) is 285 Å². The van der Waals surface area contributed by atoms with E-state index in [1.165, 1.54) is 116 Å². The van der Waals surface area contributed by atoms with Gasteiger partial charge in [-0.25, -0.2) is 0 Å². The van der Waals surface area contributed by atoms with E-state index in [1.54, 1.807) is 0 Å². The third-order valence-electron chi connectivity index (χ3n) is 16.5. The first-order chi connectivity index (χ1) is 38.4. The Labute approximate surface area is 454 Å². The molecule has 0 fully saturated rings. The molecule has 1 aliphatic carbocycles. The Bertz CT molecular complexity index is 4580. The van der Waals surface area contributed by atoms with Crippen molar-refractivity contribution in [3.05, 3.63) is 296 Å². The Kier molecular flexibility index (Phi) is 10.6. The van der Waals surface area contributed by atoms with E-state index in [1.807, 2.05) is 0 Å². The molecule has 0 N–H and O–H groups in total. The van der Waals surface area contributed by atoms with Gasteiger partial charge in [0.05, 0.1) is 22.1 Å². The first-order valence-electron chi connectivity index (χ1n) is 27.1. The molecule has 2 aromatic heterocycles. The van der Waals surface area contributed by atoms with E-state index in [2.05, 4.69) is 313 Å². The van der Waals surface area contributed by atoms with E-state index in [0.717, 1.165) is 22.7 Å². The number of hydrogen-bond donors (Lipinski definition) is 0. The lowest BCUT2D eigenvalue weighted by Gasteiger charge is -2.28. The highest BCUT2D eigenvalue weighted by molar-refractivity contribution is 6.11. The van der Waals surface area contributed by atoms with Gasteiger partial charge in [-0.2, -0.15) is 0 Å². The highest BCUT2D eigenvalue weighted by atomic mass is 15.1. The fourth-order valence-electron chi connectivity index (χ4n) is 12.6. The van der Waals surface area contributed by atoms with E-state index in [0.29, 0.717) is 0 Å². The molecular weight excluding hydrogens is 943 g/mol. The average Bonchev–Trinajstić information content (AvgIpc) is 4.21. The molecule has 0 saturated heterocycles. The number of nitrogens with zero attached hydrogens (tertiary/aromatic N) is 3. The highest BCUT2D eigenvalue weighted by Crippen LogP contribution is 2.52. The summed E-state index contributed by atoms with van der Waals surface area (Å²) in [6.45, 7) is 4.79. The Balaban J connectivity index is 0.803. The van der Waals surface area contributed by atoms with Crippen molar-refractivity contribution in [3.8, 4) is 67.0 Å². The molecule has 368 valence electrons. The molecule has 14 aromatic rings. The molecule has 0 radical (unpaired) electrons. The predicted molar refractivity (Wildman–Crippen MR) is 329 cm³/mol. The van der Waals surface area contributed by atoms with Gasteiger partial charge in [0.2, 0.25) is 0 Å². The minimum Gasteiger partial charge on any atom is -0.310 e. The molecule has 1 aliphatic rings. The summed E-state index contributed by atoms with van der Waals surface area (Å²) in [5.41, 5.74) is 25.1. The second-order valence-corrected chi connectivity index (χ2v) is 21.3. The number of aromatic nitrogens is 2. The van der Waals surface area contributed by atoms with E-state index in [9.17, 15) is 0 Å². The SMILES string of the molecule is CC1(C)c2cc(-c3ccc4c5ccccc5n(-c5ccccc5)c4c3)ccc2-c2ccc(N(c3ccc(-c4ccc(-c5ccccc5)cc4)cc3)c3ccc(-c4ccc5c(c4)c4ccccc4n5-c4ccccc4)cc3)cc21. The van der Waals surface area contributed by atoms with Gasteiger partial charge < -0.3 is 14.0 Å². The fraction of sp³-hybridized carbons (Fsp3) is 0.0400. The molecular formula is C75H53N3. The average molecular weight is 996 g/mol. The van der Waals surface area contributed by atoms with Crippen LogP contribution in [0.5, 0.6) is 0 Å². The molecule has 0 unspecified atom stereocenters. The topological polar surface area (TPSA) is 13.1 Å². The van der Waals surface area contributed by atoms with Gasteiger partial charge in [-0.15, -0.1) is 0 Å². The van der Waals surface area contributed by atoms with Crippen LogP contribution < -0.4 is 4.90 Å². The summed E-state index contributed by atoms with van der Waals surface area (Å²) >= 11 is 0. The standard InChI is InChI=1S/C75H53N3/c1-75(2)69-47-56(57-35-43-67-65-22-12-14-24-71(65)78(74(67)48-57)59-20-10-5-11-21-59)34-42-63(69)64-44-41-62(49-70(64)75)76(60-37-30-53(31-38-60)52-28-26-51(27-29-52)50-16-6-3-7-17-50)61-39-32-54(33-40-61)55-36-45-73-68(46-55)66-23-13-15-25-72(66)77(73)58-18-8-4-9-19-58/h3-49H,1-2H3. The summed E-state index contributed by atoms with van der Waals surface area (Å²) in [5.74, 6) is 0. The maximum atomic E-state index is 2.45. The van der Waals surface area contributed by atoms with Crippen molar-refractivity contribution in [2.75, 3.05) is 4.90 Å². The minimum atomic E-state index is -0.257. The Morgan fingerprint density at radius 2 is 0.628 bits per heavy atom. The lowest BCUT2D eigenvalue weighted by Crippen LogP contribution is -2.16. The number of para-hydroxylation sites is 4. The zero-order valence-corrected chi connectivity index (χ0v) is 43.5. The van der Waals surface area contributed by atoms with Crippen molar-refractivity contribution in [2.24, 2.45) is 0 Å². The predicted octanol–water partition coefficient (Wildman–Crippen LogP) is 20.3. The van der Waals surface area contributed by atoms with Crippen molar-refractivity contribution in [1.29, 1.82) is 0 Å². The quantitative estimate of drug-likeness (QED) is 0.140. The van der Waals surface area contributed by atoms with E-state index < -0.39 is 0 Å². The van der Waals surface area contributed by atoms with Gasteiger partial charge in [0.1, 0.15) is 0 Å². The maximum absolute atomic E-state index is 2.45. The molecule has 0 bridgehead atoms. The van der Waals surface area contributed by atoms with E-state index >= 15 is 0 Å². The number of fused-ring (bicyclic) bond motifs is 9. The summed E-state index contributed by atoms with van der Waals surface area (Å²) < 4.78 is 4.79. The molecule has 3 nitrogen and oxygen atoms in total. The molecule has 2 heterocycles. The van der Waals surface area contributed by atoms with Gasteiger partial charge in [0, 0.05) is 55.4 Å². The summed E-state index contributed by atoms with van der Waals surface area (Å²) in [7, 11) is 0. The molecule has 0 amide bonds. The number of anilines is 3. The van der Waals surface area contributed by atoms with Gasteiger partial charge in [-0.1, -0.05) is 202 Å². The van der Waals surface area contributed by atoms with Gasteiger partial charge >= 0.3 is 0 Å². The van der Waals surface area contributed by atoms with Crippen molar-refractivity contribution in [3.63, 3.8) is 0 Å². The second-order valence-electron chi connectivity index (χ2n) is 21.3. The van der Waals surface area contributed by atoms with Gasteiger partial charge in [0.15, 0.2) is 0 Å². The summed E-state index contributed by atoms with van der Waals surface area (Å²) in [6.07, 6.45) is 0. The van der Waals surface area contributed by atoms with Crippen LogP contribution in [-0.2, 0) is 5.41 Å². The van der Waals surface area contributed by atoms with E-state index in [-0.39, 0.29) is 5.41 Å². The number of hydrogen-bond acceptors (Lipinski definition) is 1. The monoisotopic (exact) mass is 995 g/mol. The first kappa shape index (κ1) is 45.4. The van der Waals surface area contributed by atoms with Crippen molar-refractivity contribution in [2.45, 2.75) is 19.3 Å². The van der Waals surface area contributed by atoms with Crippen LogP contribution in [0.3, 0.4) is 0 Å². The molecule has 15 rings (SSSR count). The Morgan fingerprint density at radius 1 is 0.256 bits per heavy atom. The largest absolute Gasteiger partial charge is 0.310 e. The zero-order valence-electron chi connectivity index (χ0n) is 43.5. The summed E-state index contributed by atoms with van der Waals surface area (Å²) in [4.78, 5) is 2.43. The van der Waals surface area contributed by atoms with Crippen LogP contribution in [0.1, 0.15) is 25.0 Å². The molecule has 0 atom stereocenters. The van der Waals surface area contributed by atoms with Crippen molar-refractivity contribution >= 4 is 60.7 Å². The molecule has 12 aromatic carbocycles. The van der Waals surface area contributed by atoms with Gasteiger partial charge in [-0.05, 0) is 164 Å². The van der Waals surface area contributed by atoms with Crippen LogP contribution in [0, 0.1) is 0 Å². The normalized spacial score (nSPS) is 12.6. The van der Waals surface area contributed by atoms with Crippen molar-refractivity contribution in [1.82, 2.24) is 9.13 Å². The molecule has 3 heteroatoms. The molecule has 78 heavy (non-hydrogen) atoms. The third kappa shape index (κ3) is 7.42. The summed E-state index contributed by atoms with van der Waals surface area (Å²) in [6, 6.07) is 105. The lowest BCUT2D eigenvalue weighted by molar-refractivity contribution is 0.660. The number of rotatable bonds is 9. The number of benzene rings is 12. The second kappa shape index (κ2) is 18.1. The Morgan fingerprint density at radius 3 is 1.23 bits per heavy atom. The smallest absolute Gasteiger partial charge is 0.0547 e. The highest BCUT2D eigenvalue weighted by Gasteiger charge is 2.36. The first-order valence-corrected chi connectivity index (χ1v) is 27.1. The van der Waals surface area contributed by atoms with Crippen molar-refractivity contribution < 1.29 is 0 Å². The van der Waals surface area contributed by atoms with Crippen LogP contribution in [-0.4, -0.2) is 9.13 Å². The Hall–Kier alpha value is -9.96. The fourth-order valence-corrected chi connectivity index (χ4v) is 12.6. The van der Waals surface area contributed by atoms with Gasteiger partial charge in [-0.3, -0.25) is 0 Å². The minimum absolute atomic E-state index is 0.257. The van der Waals surface area contributed by atoms with Crippen LogP contribution in [0.4, 0.5) is 17.1 Å². The zero-order chi connectivity index (χ0) is 51.9. The van der Waals surface area contributed by atoms with E-state index in [4.69, 9.17) is 0 Å².